The van der Waals surface area contributed by atoms with Crippen molar-refractivity contribution in [3.8, 4) is 0 Å². The first kappa shape index (κ1) is 15.9. The van der Waals surface area contributed by atoms with Gasteiger partial charge in [-0.25, -0.2) is 0 Å². The summed E-state index contributed by atoms with van der Waals surface area (Å²) in [6, 6.07) is 0.673. The molecule has 0 radical (unpaired) electrons. The second-order valence-electron chi connectivity index (χ2n) is 6.41. The zero-order valence-electron chi connectivity index (χ0n) is 12.4. The van der Waals surface area contributed by atoms with Gasteiger partial charge in [0.1, 0.15) is 0 Å². The highest BCUT2D eigenvalue weighted by atomic mass is 15.2. The van der Waals surface area contributed by atoms with Crippen LogP contribution in [0.2, 0.25) is 0 Å². The molecule has 0 aromatic carbocycles. The first-order chi connectivity index (χ1) is 7.26. The van der Waals surface area contributed by atoms with E-state index in [1.807, 2.05) is 0 Å². The lowest BCUT2D eigenvalue weighted by molar-refractivity contribution is 0.191. The molecule has 1 unspecified atom stereocenters. The van der Waals surface area contributed by atoms with Crippen LogP contribution in [-0.2, 0) is 0 Å². The molecule has 0 heterocycles. The fourth-order valence-corrected chi connectivity index (χ4v) is 1.96. The fraction of sp³-hybridized carbons (Fsp3) is 1.00. The van der Waals surface area contributed by atoms with Crippen LogP contribution in [0.1, 0.15) is 54.4 Å². The largest absolute Gasteiger partial charge is 0.311 e. The van der Waals surface area contributed by atoms with Gasteiger partial charge in [0.05, 0.1) is 0 Å². The number of nitrogens with zero attached hydrogens (tertiary/aromatic N) is 1. The summed E-state index contributed by atoms with van der Waals surface area (Å²) in [5, 5.41) is 3.62. The molecule has 0 aliphatic rings. The summed E-state index contributed by atoms with van der Waals surface area (Å²) in [7, 11) is 2.25. The van der Waals surface area contributed by atoms with Crippen molar-refractivity contribution in [3.63, 3.8) is 0 Å². The second-order valence-corrected chi connectivity index (χ2v) is 6.41. The Morgan fingerprint density at radius 3 is 2.12 bits per heavy atom. The molecule has 0 saturated carbocycles. The molecule has 98 valence electrons. The summed E-state index contributed by atoms with van der Waals surface area (Å²) in [5.41, 5.74) is 0.227. The van der Waals surface area contributed by atoms with Crippen LogP contribution in [0.5, 0.6) is 0 Å². The SMILES string of the molecule is CCCC(CNC(C)(C)C)N(C)CC(C)C. The molecule has 0 spiro atoms. The van der Waals surface area contributed by atoms with Gasteiger partial charge in [-0.3, -0.25) is 0 Å². The van der Waals surface area contributed by atoms with Crippen LogP contribution in [-0.4, -0.2) is 36.6 Å². The Bertz CT molecular complexity index is 170. The van der Waals surface area contributed by atoms with Crippen molar-refractivity contribution < 1.29 is 0 Å². The van der Waals surface area contributed by atoms with Crippen LogP contribution in [0, 0.1) is 5.92 Å². The van der Waals surface area contributed by atoms with E-state index >= 15 is 0 Å². The maximum Gasteiger partial charge on any atom is 0.0217 e. The first-order valence-corrected chi connectivity index (χ1v) is 6.71. The first-order valence-electron chi connectivity index (χ1n) is 6.71. The predicted octanol–water partition coefficient (Wildman–Crippen LogP) is 3.13. The van der Waals surface area contributed by atoms with Crippen molar-refractivity contribution in [2.45, 2.75) is 66.0 Å². The monoisotopic (exact) mass is 228 g/mol. The molecule has 0 rings (SSSR count). The van der Waals surface area contributed by atoms with E-state index in [4.69, 9.17) is 0 Å². The summed E-state index contributed by atoms with van der Waals surface area (Å²) in [6.07, 6.45) is 2.55. The molecular weight excluding hydrogens is 196 g/mol. The highest BCUT2D eigenvalue weighted by molar-refractivity contribution is 4.78. The quantitative estimate of drug-likeness (QED) is 0.720. The van der Waals surface area contributed by atoms with Gasteiger partial charge in [0.2, 0.25) is 0 Å². The lowest BCUT2D eigenvalue weighted by Crippen LogP contribution is -2.47. The van der Waals surface area contributed by atoms with Gasteiger partial charge >= 0.3 is 0 Å². The van der Waals surface area contributed by atoms with Crippen LogP contribution in [0.3, 0.4) is 0 Å². The molecule has 2 nitrogen and oxygen atoms in total. The van der Waals surface area contributed by atoms with Gasteiger partial charge in [0, 0.05) is 24.7 Å². The molecule has 0 aromatic heterocycles. The third-order valence-electron chi connectivity index (χ3n) is 2.77. The van der Waals surface area contributed by atoms with Crippen molar-refractivity contribution in [1.29, 1.82) is 0 Å². The molecule has 0 bridgehead atoms. The summed E-state index contributed by atoms with van der Waals surface area (Å²) in [4.78, 5) is 2.51. The van der Waals surface area contributed by atoms with Crippen molar-refractivity contribution in [2.75, 3.05) is 20.1 Å². The van der Waals surface area contributed by atoms with Gasteiger partial charge in [0.15, 0.2) is 0 Å². The van der Waals surface area contributed by atoms with E-state index in [9.17, 15) is 0 Å². The van der Waals surface area contributed by atoms with Crippen LogP contribution >= 0.6 is 0 Å². The van der Waals surface area contributed by atoms with Gasteiger partial charge in [-0.05, 0) is 40.2 Å². The molecule has 0 aromatic rings. The number of rotatable bonds is 7. The van der Waals surface area contributed by atoms with Crippen LogP contribution in [0.4, 0.5) is 0 Å². The summed E-state index contributed by atoms with van der Waals surface area (Å²) in [5.74, 6) is 0.749. The van der Waals surface area contributed by atoms with E-state index in [-0.39, 0.29) is 5.54 Å². The lowest BCUT2D eigenvalue weighted by Gasteiger charge is -2.32. The second kappa shape index (κ2) is 7.29. The maximum absolute atomic E-state index is 3.62. The van der Waals surface area contributed by atoms with Crippen LogP contribution < -0.4 is 5.32 Å². The Morgan fingerprint density at radius 1 is 1.19 bits per heavy atom. The molecule has 2 heteroatoms. The standard InChI is InChI=1S/C14H32N2/c1-8-9-13(10-15-14(4,5)6)16(7)11-12(2)3/h12-13,15H,8-11H2,1-7H3. The number of nitrogens with one attached hydrogen (secondary N) is 1. The predicted molar refractivity (Wildman–Crippen MR) is 73.9 cm³/mol. The van der Waals surface area contributed by atoms with E-state index in [1.165, 1.54) is 19.4 Å². The van der Waals surface area contributed by atoms with Gasteiger partial charge in [-0.1, -0.05) is 27.2 Å². The van der Waals surface area contributed by atoms with Gasteiger partial charge in [-0.15, -0.1) is 0 Å². The number of likely N-dealkylation sites (N-methyl/N-ethyl adjacent to an activating group) is 1. The van der Waals surface area contributed by atoms with E-state index in [1.54, 1.807) is 0 Å². The summed E-state index contributed by atoms with van der Waals surface area (Å²) in [6.45, 7) is 15.8. The minimum atomic E-state index is 0.227. The van der Waals surface area contributed by atoms with Crippen LogP contribution in [0.25, 0.3) is 0 Å². The smallest absolute Gasteiger partial charge is 0.0217 e. The minimum Gasteiger partial charge on any atom is -0.311 e. The highest BCUT2D eigenvalue weighted by Crippen LogP contribution is 2.09. The van der Waals surface area contributed by atoms with Gasteiger partial charge < -0.3 is 10.2 Å². The molecular formula is C14H32N2. The van der Waals surface area contributed by atoms with Gasteiger partial charge in [-0.2, -0.15) is 0 Å². The molecule has 0 saturated heterocycles. The summed E-state index contributed by atoms with van der Waals surface area (Å²) < 4.78 is 0. The average Bonchev–Trinajstić information content (AvgIpc) is 2.09. The maximum atomic E-state index is 3.62. The zero-order chi connectivity index (χ0) is 12.8. The molecule has 0 amide bonds. The Kier molecular flexibility index (Phi) is 7.25. The zero-order valence-corrected chi connectivity index (χ0v) is 12.4. The molecule has 16 heavy (non-hydrogen) atoms. The fourth-order valence-electron chi connectivity index (χ4n) is 1.96. The lowest BCUT2D eigenvalue weighted by atomic mass is 10.1. The third-order valence-corrected chi connectivity index (χ3v) is 2.77. The van der Waals surface area contributed by atoms with E-state index in [0.29, 0.717) is 6.04 Å². The Labute approximate surface area is 103 Å². The topological polar surface area (TPSA) is 15.3 Å². The molecule has 1 N–H and O–H groups in total. The van der Waals surface area contributed by atoms with E-state index in [2.05, 4.69) is 58.8 Å². The van der Waals surface area contributed by atoms with Crippen molar-refractivity contribution in [2.24, 2.45) is 5.92 Å². The summed E-state index contributed by atoms with van der Waals surface area (Å²) >= 11 is 0. The highest BCUT2D eigenvalue weighted by Gasteiger charge is 2.17. The molecule has 0 aliphatic carbocycles. The number of hydrogen-bond donors (Lipinski definition) is 1. The third kappa shape index (κ3) is 8.12. The van der Waals surface area contributed by atoms with E-state index in [0.717, 1.165) is 12.5 Å². The number of hydrogen-bond acceptors (Lipinski definition) is 2. The van der Waals surface area contributed by atoms with Gasteiger partial charge in [0.25, 0.3) is 0 Å². The Hall–Kier alpha value is -0.0800. The molecule has 0 fully saturated rings. The minimum absolute atomic E-state index is 0.227. The molecule has 0 aliphatic heterocycles. The Morgan fingerprint density at radius 2 is 1.75 bits per heavy atom. The van der Waals surface area contributed by atoms with Crippen molar-refractivity contribution >= 4 is 0 Å². The van der Waals surface area contributed by atoms with Crippen molar-refractivity contribution in [3.05, 3.63) is 0 Å². The van der Waals surface area contributed by atoms with Crippen molar-refractivity contribution in [1.82, 2.24) is 10.2 Å². The molecule has 1 atom stereocenters. The average molecular weight is 228 g/mol. The van der Waals surface area contributed by atoms with Crippen LogP contribution in [0.15, 0.2) is 0 Å². The Balaban J connectivity index is 4.14. The van der Waals surface area contributed by atoms with E-state index < -0.39 is 0 Å². The normalized spacial score (nSPS) is 14.8.